The third-order valence-electron chi connectivity index (χ3n) is 2.14. The molecule has 0 aliphatic carbocycles. The average Bonchev–Trinajstić information content (AvgIpc) is 2.29. The van der Waals surface area contributed by atoms with Gasteiger partial charge >= 0.3 is 0 Å². The van der Waals surface area contributed by atoms with Gasteiger partial charge in [-0.15, -0.1) is 0 Å². The van der Waals surface area contributed by atoms with E-state index in [1.165, 1.54) is 13.0 Å². The van der Waals surface area contributed by atoms with E-state index < -0.39 is 17.7 Å². The highest BCUT2D eigenvalue weighted by Crippen LogP contribution is 2.19. The van der Waals surface area contributed by atoms with Crippen molar-refractivity contribution in [2.24, 2.45) is 0 Å². The van der Waals surface area contributed by atoms with Crippen molar-refractivity contribution in [1.29, 1.82) is 0 Å². The van der Waals surface area contributed by atoms with Crippen LogP contribution < -0.4 is 4.74 Å². The first-order valence-corrected chi connectivity index (χ1v) is 5.40. The normalized spacial score (nSPS) is 12.5. The van der Waals surface area contributed by atoms with Gasteiger partial charge in [0, 0.05) is 32.4 Å². The number of rotatable bonds is 5. The van der Waals surface area contributed by atoms with Crippen molar-refractivity contribution in [3.05, 3.63) is 42.1 Å². The lowest BCUT2D eigenvalue weighted by molar-refractivity contribution is -0.120. The molecule has 5 heteroatoms. The van der Waals surface area contributed by atoms with Gasteiger partial charge in [-0.3, -0.25) is 4.79 Å². The highest BCUT2D eigenvalue weighted by molar-refractivity contribution is 5.93. The summed E-state index contributed by atoms with van der Waals surface area (Å²) >= 11 is 0. The molecule has 1 atom stereocenters. The van der Waals surface area contributed by atoms with Gasteiger partial charge in [-0.2, -0.15) is 0 Å². The van der Waals surface area contributed by atoms with Crippen LogP contribution in [0, 0.1) is 11.6 Å². The van der Waals surface area contributed by atoms with Crippen LogP contribution >= 0.6 is 0 Å². The van der Waals surface area contributed by atoms with Gasteiger partial charge in [-0.1, -0.05) is 0 Å². The molecular weight excluding hydrogens is 240 g/mol. The number of hydrogen-bond donors (Lipinski definition) is 0. The van der Waals surface area contributed by atoms with Gasteiger partial charge in [-0.05, 0) is 19.1 Å². The van der Waals surface area contributed by atoms with Gasteiger partial charge < -0.3 is 9.64 Å². The Kier molecular flexibility index (Phi) is 4.83. The lowest BCUT2D eigenvalue weighted by atomic mass is 10.2. The fourth-order valence-corrected chi connectivity index (χ4v) is 1.18. The minimum absolute atomic E-state index is 0.143. The van der Waals surface area contributed by atoms with Crippen LogP contribution in [-0.4, -0.2) is 30.9 Å². The molecule has 1 rings (SSSR count). The molecule has 0 spiro atoms. The number of ether oxygens (including phenoxy) is 1. The Balaban J connectivity index is 2.69. The van der Waals surface area contributed by atoms with Crippen molar-refractivity contribution < 1.29 is 18.3 Å². The quantitative estimate of drug-likeness (QED) is 0.756. The molecule has 0 unspecified atom stereocenters. The highest BCUT2D eigenvalue weighted by Gasteiger charge is 2.14. The van der Waals surface area contributed by atoms with Crippen LogP contribution in [0.25, 0.3) is 0 Å². The molecule has 3 nitrogen and oxygen atoms in total. The largest absolute Gasteiger partial charge is 0.480 e. The third kappa shape index (κ3) is 4.16. The second-order valence-corrected chi connectivity index (χ2v) is 4.02. The SMILES string of the molecule is C[C@@H](Oc1ccc(F)cc1F)C(=O)/C=C/N(C)C. The van der Waals surface area contributed by atoms with Crippen LogP contribution in [0.4, 0.5) is 8.78 Å². The molecule has 0 heterocycles. The lowest BCUT2D eigenvalue weighted by Crippen LogP contribution is -2.22. The van der Waals surface area contributed by atoms with Gasteiger partial charge in [0.05, 0.1) is 0 Å². The Hall–Kier alpha value is -1.91. The van der Waals surface area contributed by atoms with E-state index in [2.05, 4.69) is 0 Å². The molecule has 18 heavy (non-hydrogen) atoms. The average molecular weight is 255 g/mol. The van der Waals surface area contributed by atoms with E-state index in [4.69, 9.17) is 4.74 Å². The van der Waals surface area contributed by atoms with Crippen LogP contribution in [0.2, 0.25) is 0 Å². The topological polar surface area (TPSA) is 29.5 Å². The first kappa shape index (κ1) is 14.2. The predicted octanol–water partition coefficient (Wildman–Crippen LogP) is 2.38. The number of carbonyl (C=O) groups excluding carboxylic acids is 1. The van der Waals surface area contributed by atoms with E-state index in [0.29, 0.717) is 6.07 Å². The molecule has 0 amide bonds. The summed E-state index contributed by atoms with van der Waals surface area (Å²) in [5, 5.41) is 0. The zero-order valence-electron chi connectivity index (χ0n) is 10.5. The highest BCUT2D eigenvalue weighted by atomic mass is 19.1. The number of benzene rings is 1. The maximum absolute atomic E-state index is 13.3. The summed E-state index contributed by atoms with van der Waals surface area (Å²) < 4.78 is 31.1. The fourth-order valence-electron chi connectivity index (χ4n) is 1.18. The van der Waals surface area contributed by atoms with E-state index in [0.717, 1.165) is 12.1 Å². The molecule has 1 aromatic rings. The number of halogens is 2. The Morgan fingerprint density at radius 2 is 2.06 bits per heavy atom. The van der Waals surface area contributed by atoms with E-state index in [9.17, 15) is 13.6 Å². The summed E-state index contributed by atoms with van der Waals surface area (Å²) in [4.78, 5) is 13.3. The monoisotopic (exact) mass is 255 g/mol. The number of hydrogen-bond acceptors (Lipinski definition) is 3. The van der Waals surface area contributed by atoms with Gasteiger partial charge in [-0.25, -0.2) is 8.78 Å². The van der Waals surface area contributed by atoms with Gasteiger partial charge in [0.1, 0.15) is 5.82 Å². The minimum atomic E-state index is -0.832. The van der Waals surface area contributed by atoms with Crippen molar-refractivity contribution >= 4 is 5.78 Å². The van der Waals surface area contributed by atoms with E-state index in [1.807, 2.05) is 0 Å². The van der Waals surface area contributed by atoms with Crippen molar-refractivity contribution in [1.82, 2.24) is 4.90 Å². The van der Waals surface area contributed by atoms with Crippen molar-refractivity contribution in [3.63, 3.8) is 0 Å². The maximum atomic E-state index is 13.3. The third-order valence-corrected chi connectivity index (χ3v) is 2.14. The van der Waals surface area contributed by atoms with Crippen molar-refractivity contribution in [3.8, 4) is 5.75 Å². The lowest BCUT2D eigenvalue weighted by Gasteiger charge is -2.13. The molecule has 0 N–H and O–H groups in total. The van der Waals surface area contributed by atoms with E-state index in [-0.39, 0.29) is 11.5 Å². The smallest absolute Gasteiger partial charge is 0.197 e. The summed E-state index contributed by atoms with van der Waals surface area (Å²) in [6.07, 6.45) is 2.08. The first-order chi connectivity index (χ1) is 8.40. The summed E-state index contributed by atoms with van der Waals surface area (Å²) in [5.41, 5.74) is 0. The van der Waals surface area contributed by atoms with Crippen LogP contribution in [0.3, 0.4) is 0 Å². The Morgan fingerprint density at radius 3 is 2.61 bits per heavy atom. The molecule has 0 aliphatic rings. The zero-order chi connectivity index (χ0) is 13.7. The molecule has 0 bridgehead atoms. The first-order valence-electron chi connectivity index (χ1n) is 5.40. The number of carbonyl (C=O) groups is 1. The predicted molar refractivity (Wildman–Crippen MR) is 64.3 cm³/mol. The molecule has 1 aromatic carbocycles. The minimum Gasteiger partial charge on any atom is -0.480 e. The Labute approximate surface area is 105 Å². The van der Waals surface area contributed by atoms with Crippen LogP contribution in [0.1, 0.15) is 6.92 Å². The summed E-state index contributed by atoms with van der Waals surface area (Å²) in [6.45, 7) is 1.51. The van der Waals surface area contributed by atoms with Gasteiger partial charge in [0.15, 0.2) is 23.5 Å². The zero-order valence-corrected chi connectivity index (χ0v) is 10.5. The fraction of sp³-hybridized carbons (Fsp3) is 0.308. The summed E-state index contributed by atoms with van der Waals surface area (Å²) in [6, 6.07) is 2.94. The molecule has 0 saturated heterocycles. The van der Waals surface area contributed by atoms with Gasteiger partial charge in [0.25, 0.3) is 0 Å². The van der Waals surface area contributed by atoms with Crippen LogP contribution in [-0.2, 0) is 4.79 Å². The summed E-state index contributed by atoms with van der Waals surface area (Å²) in [7, 11) is 3.55. The summed E-state index contributed by atoms with van der Waals surface area (Å²) in [5.74, 6) is -1.96. The Bertz CT molecular complexity index is 458. The molecule has 98 valence electrons. The van der Waals surface area contributed by atoms with Crippen molar-refractivity contribution in [2.45, 2.75) is 13.0 Å². The molecule has 0 aliphatic heterocycles. The van der Waals surface area contributed by atoms with E-state index in [1.54, 1.807) is 25.2 Å². The van der Waals surface area contributed by atoms with Crippen LogP contribution in [0.15, 0.2) is 30.5 Å². The molecule has 0 aromatic heterocycles. The molecule has 0 saturated carbocycles. The number of nitrogens with zero attached hydrogens (tertiary/aromatic N) is 1. The van der Waals surface area contributed by atoms with Crippen molar-refractivity contribution in [2.75, 3.05) is 14.1 Å². The maximum Gasteiger partial charge on any atom is 0.197 e. The second-order valence-electron chi connectivity index (χ2n) is 4.02. The molecule has 0 fully saturated rings. The van der Waals surface area contributed by atoms with E-state index >= 15 is 0 Å². The molecule has 0 radical (unpaired) electrons. The van der Waals surface area contributed by atoms with Crippen LogP contribution in [0.5, 0.6) is 5.75 Å². The van der Waals surface area contributed by atoms with Gasteiger partial charge in [0.2, 0.25) is 0 Å². The molecular formula is C13H15F2NO2. The standard InChI is InChI=1S/C13H15F2NO2/c1-9(12(17)6-7-16(2)3)18-13-5-4-10(14)8-11(13)15/h4-9H,1-3H3/b7-6+/t9-/m1/s1. The second kappa shape index (κ2) is 6.14. The Morgan fingerprint density at radius 1 is 1.39 bits per heavy atom. The number of ketones is 1.